The van der Waals surface area contributed by atoms with Gasteiger partial charge in [0, 0.05) is 18.4 Å². The molecule has 1 aromatic rings. The summed E-state index contributed by atoms with van der Waals surface area (Å²) in [4.78, 5) is 4.63. The molecule has 1 atom stereocenters. The number of nitrogens with zero attached hydrogens (tertiary/aromatic N) is 2. The lowest BCUT2D eigenvalue weighted by Crippen LogP contribution is -2.33. The van der Waals surface area contributed by atoms with Crippen LogP contribution in [0.15, 0.2) is 4.52 Å². The van der Waals surface area contributed by atoms with E-state index in [2.05, 4.69) is 36.2 Å². The van der Waals surface area contributed by atoms with Gasteiger partial charge in [0.25, 0.3) is 0 Å². The Morgan fingerprint density at radius 3 is 2.70 bits per heavy atom. The van der Waals surface area contributed by atoms with Crippen molar-refractivity contribution >= 4 is 0 Å². The topological polar surface area (TPSA) is 51.0 Å². The Kier molecular flexibility index (Phi) is 6.02. The number of nitrogens with one attached hydrogen (secondary N) is 1. The van der Waals surface area contributed by atoms with E-state index in [0.717, 1.165) is 37.5 Å². The molecule has 1 aromatic heterocycles. The van der Waals surface area contributed by atoms with Crippen LogP contribution in [0, 0.1) is 5.92 Å². The lowest BCUT2D eigenvalue weighted by molar-refractivity contribution is 0.334. The van der Waals surface area contributed by atoms with E-state index in [4.69, 9.17) is 4.52 Å². The minimum atomic E-state index is 0.451. The van der Waals surface area contributed by atoms with Crippen LogP contribution in [-0.4, -0.2) is 22.7 Å². The molecule has 0 aliphatic heterocycles. The summed E-state index contributed by atoms with van der Waals surface area (Å²) in [6, 6.07) is 0.451. The van der Waals surface area contributed by atoms with E-state index in [-0.39, 0.29) is 0 Å². The van der Waals surface area contributed by atoms with Crippen molar-refractivity contribution in [3.8, 4) is 0 Å². The molecule has 1 unspecified atom stereocenters. The average Bonchev–Trinajstić information content (AvgIpc) is 3.05. The molecule has 0 bridgehead atoms. The first-order chi connectivity index (χ1) is 9.69. The van der Waals surface area contributed by atoms with Crippen molar-refractivity contribution < 1.29 is 4.52 Å². The number of hydrogen-bond donors (Lipinski definition) is 1. The molecule has 0 spiro atoms. The van der Waals surface area contributed by atoms with Crippen LogP contribution in [0.5, 0.6) is 0 Å². The van der Waals surface area contributed by atoms with Crippen molar-refractivity contribution in [1.82, 2.24) is 15.5 Å². The fraction of sp³-hybridized carbons (Fsp3) is 0.875. The quantitative estimate of drug-likeness (QED) is 0.788. The van der Waals surface area contributed by atoms with Crippen molar-refractivity contribution in [1.29, 1.82) is 0 Å². The Morgan fingerprint density at radius 1 is 1.30 bits per heavy atom. The van der Waals surface area contributed by atoms with Crippen LogP contribution in [0.3, 0.4) is 0 Å². The maximum atomic E-state index is 5.47. The molecule has 1 heterocycles. The molecule has 1 saturated carbocycles. The van der Waals surface area contributed by atoms with Gasteiger partial charge < -0.3 is 9.84 Å². The maximum Gasteiger partial charge on any atom is 0.228 e. The predicted molar refractivity (Wildman–Crippen MR) is 80.7 cm³/mol. The monoisotopic (exact) mass is 279 g/mol. The minimum Gasteiger partial charge on any atom is -0.339 e. The van der Waals surface area contributed by atoms with E-state index in [1.807, 2.05) is 0 Å². The highest BCUT2D eigenvalue weighted by Gasteiger charge is 2.23. The van der Waals surface area contributed by atoms with Crippen molar-refractivity contribution in [3.63, 3.8) is 0 Å². The van der Waals surface area contributed by atoms with E-state index < -0.39 is 0 Å². The Hall–Kier alpha value is -0.900. The highest BCUT2D eigenvalue weighted by atomic mass is 16.5. The van der Waals surface area contributed by atoms with Gasteiger partial charge in [-0.1, -0.05) is 38.8 Å². The molecule has 4 nitrogen and oxygen atoms in total. The van der Waals surface area contributed by atoms with Gasteiger partial charge in [-0.2, -0.15) is 4.98 Å². The van der Waals surface area contributed by atoms with Crippen molar-refractivity contribution in [2.45, 2.75) is 77.7 Å². The number of hydrogen-bond acceptors (Lipinski definition) is 4. The first-order valence-electron chi connectivity index (χ1n) is 8.25. The smallest absolute Gasteiger partial charge is 0.228 e. The summed E-state index contributed by atoms with van der Waals surface area (Å²) in [5, 5.41) is 7.80. The molecule has 0 saturated heterocycles. The van der Waals surface area contributed by atoms with Crippen molar-refractivity contribution in [2.75, 3.05) is 6.54 Å². The molecule has 0 aromatic carbocycles. The third-order valence-electron chi connectivity index (χ3n) is 4.06. The van der Waals surface area contributed by atoms with Crippen LogP contribution in [0.25, 0.3) is 0 Å². The molecule has 4 heteroatoms. The minimum absolute atomic E-state index is 0.451. The van der Waals surface area contributed by atoms with Gasteiger partial charge in [0.15, 0.2) is 5.82 Å². The Bertz CT molecular complexity index is 383. The number of rotatable bonds is 8. The van der Waals surface area contributed by atoms with Crippen LogP contribution >= 0.6 is 0 Å². The standard InChI is InChI=1S/C16H29N3O/c1-4-9-17-14(10-12(2)3)11-15-18-16(19-20-15)13-7-5-6-8-13/h12-14,17H,4-11H2,1-3H3. The van der Waals surface area contributed by atoms with E-state index in [9.17, 15) is 0 Å². The average molecular weight is 279 g/mol. The van der Waals surface area contributed by atoms with Gasteiger partial charge in [0.1, 0.15) is 0 Å². The molecular weight excluding hydrogens is 250 g/mol. The summed E-state index contributed by atoms with van der Waals surface area (Å²) in [7, 11) is 0. The zero-order valence-corrected chi connectivity index (χ0v) is 13.2. The first kappa shape index (κ1) is 15.5. The summed E-state index contributed by atoms with van der Waals surface area (Å²) in [5.41, 5.74) is 0. The van der Waals surface area contributed by atoms with E-state index in [1.54, 1.807) is 0 Å². The molecule has 1 aliphatic carbocycles. The number of aromatic nitrogens is 2. The summed E-state index contributed by atoms with van der Waals surface area (Å²) in [5.74, 6) is 2.97. The third-order valence-corrected chi connectivity index (χ3v) is 4.06. The van der Waals surface area contributed by atoms with Gasteiger partial charge in [-0.3, -0.25) is 0 Å². The van der Waals surface area contributed by atoms with Gasteiger partial charge in [-0.25, -0.2) is 0 Å². The van der Waals surface area contributed by atoms with Crippen molar-refractivity contribution in [3.05, 3.63) is 11.7 Å². The molecular formula is C16H29N3O. The molecule has 114 valence electrons. The highest BCUT2D eigenvalue weighted by Crippen LogP contribution is 2.32. The Morgan fingerprint density at radius 2 is 2.05 bits per heavy atom. The van der Waals surface area contributed by atoms with Gasteiger partial charge in [0.2, 0.25) is 5.89 Å². The largest absolute Gasteiger partial charge is 0.339 e. The molecule has 1 fully saturated rings. The van der Waals surface area contributed by atoms with Gasteiger partial charge >= 0.3 is 0 Å². The molecule has 0 radical (unpaired) electrons. The third kappa shape index (κ3) is 4.58. The summed E-state index contributed by atoms with van der Waals surface area (Å²) in [6.45, 7) is 7.78. The second-order valence-electron chi connectivity index (χ2n) is 6.51. The summed E-state index contributed by atoms with van der Waals surface area (Å²) in [6.07, 6.45) is 8.24. The summed E-state index contributed by atoms with van der Waals surface area (Å²) < 4.78 is 5.47. The fourth-order valence-corrected chi connectivity index (χ4v) is 3.07. The molecule has 2 rings (SSSR count). The second-order valence-corrected chi connectivity index (χ2v) is 6.51. The fourth-order valence-electron chi connectivity index (χ4n) is 3.07. The molecule has 1 N–H and O–H groups in total. The first-order valence-corrected chi connectivity index (χ1v) is 8.25. The maximum absolute atomic E-state index is 5.47. The lowest BCUT2D eigenvalue weighted by atomic mass is 10.0. The lowest BCUT2D eigenvalue weighted by Gasteiger charge is -2.18. The SMILES string of the molecule is CCCNC(Cc1nc(C2CCCC2)no1)CC(C)C. The van der Waals surface area contributed by atoms with E-state index in [1.165, 1.54) is 25.7 Å². The summed E-state index contributed by atoms with van der Waals surface area (Å²) >= 11 is 0. The Labute approximate surface area is 122 Å². The van der Waals surface area contributed by atoms with Crippen molar-refractivity contribution in [2.24, 2.45) is 5.92 Å². The van der Waals surface area contributed by atoms with Crippen LogP contribution in [0.4, 0.5) is 0 Å². The van der Waals surface area contributed by atoms with Gasteiger partial charge in [-0.05, 0) is 38.1 Å². The highest BCUT2D eigenvalue weighted by molar-refractivity contribution is 4.98. The normalized spacial score (nSPS) is 18.0. The van der Waals surface area contributed by atoms with Crippen LogP contribution in [0.1, 0.15) is 76.9 Å². The Balaban J connectivity index is 1.91. The molecule has 0 amide bonds. The zero-order valence-electron chi connectivity index (χ0n) is 13.2. The second kappa shape index (κ2) is 7.77. The zero-order chi connectivity index (χ0) is 14.4. The molecule has 20 heavy (non-hydrogen) atoms. The predicted octanol–water partition coefficient (Wildman–Crippen LogP) is 3.68. The van der Waals surface area contributed by atoms with Crippen LogP contribution in [0.2, 0.25) is 0 Å². The van der Waals surface area contributed by atoms with Gasteiger partial charge in [-0.15, -0.1) is 0 Å². The van der Waals surface area contributed by atoms with Crippen LogP contribution in [-0.2, 0) is 6.42 Å². The molecule has 1 aliphatic rings. The van der Waals surface area contributed by atoms with E-state index >= 15 is 0 Å². The van der Waals surface area contributed by atoms with E-state index in [0.29, 0.717) is 17.9 Å². The van der Waals surface area contributed by atoms with Crippen LogP contribution < -0.4 is 5.32 Å². The van der Waals surface area contributed by atoms with Gasteiger partial charge in [0.05, 0.1) is 0 Å².